The minimum atomic E-state index is -4.49. The first-order valence-corrected chi connectivity index (χ1v) is 10.8. The average molecular weight is 472 g/mol. The Balaban J connectivity index is 1.77. The van der Waals surface area contributed by atoms with Crippen molar-refractivity contribution in [2.24, 2.45) is 5.92 Å². The van der Waals surface area contributed by atoms with E-state index in [9.17, 15) is 18.0 Å². The normalized spacial score (nSPS) is 12.8. The van der Waals surface area contributed by atoms with Crippen molar-refractivity contribution in [1.29, 1.82) is 0 Å². The highest BCUT2D eigenvalue weighted by Gasteiger charge is 2.31. The summed E-state index contributed by atoms with van der Waals surface area (Å²) in [5.41, 5.74) is 0.118. The molecule has 0 saturated carbocycles. The summed E-state index contributed by atoms with van der Waals surface area (Å²) in [6.07, 6.45) is -4.49. The number of hydrogen-bond donors (Lipinski definition) is 2. The Morgan fingerprint density at radius 3 is 2.58 bits per heavy atom. The van der Waals surface area contributed by atoms with E-state index in [4.69, 9.17) is 16.3 Å². The number of ether oxygens (including phenoxy) is 1. The lowest BCUT2D eigenvalue weighted by molar-refractivity contribution is -0.137. The number of aromatic nitrogens is 1. The molecule has 0 fully saturated rings. The summed E-state index contributed by atoms with van der Waals surface area (Å²) < 4.78 is 44.9. The molecule has 1 amide bonds. The van der Waals surface area contributed by atoms with Crippen molar-refractivity contribution in [1.82, 2.24) is 4.98 Å². The standard InChI is InChI=1S/C21H21ClF3N3O2S/c1-4-30-13-6-8-16-17(10-13)31-20(27-16)28-19(29)18(11(2)3)26-15-7-5-12(9-14(15)22)21(23,24)25/h5-11,18,26H,4H2,1-3H3,(H,27,28,29)/t18-/m0/s1. The van der Waals surface area contributed by atoms with Gasteiger partial charge in [-0.3, -0.25) is 4.79 Å². The van der Waals surface area contributed by atoms with Gasteiger partial charge in [-0.05, 0) is 49.2 Å². The van der Waals surface area contributed by atoms with Gasteiger partial charge in [0, 0.05) is 0 Å². The molecule has 0 aliphatic rings. The molecule has 3 aromatic rings. The predicted molar refractivity (Wildman–Crippen MR) is 118 cm³/mol. The number of nitrogens with one attached hydrogen (secondary N) is 2. The Hall–Kier alpha value is -2.52. The van der Waals surface area contributed by atoms with E-state index < -0.39 is 17.8 Å². The van der Waals surface area contributed by atoms with Gasteiger partial charge in [0.1, 0.15) is 11.8 Å². The van der Waals surface area contributed by atoms with Crippen LogP contribution in [0.4, 0.5) is 24.0 Å². The summed E-state index contributed by atoms with van der Waals surface area (Å²) in [7, 11) is 0. The third-order valence-electron chi connectivity index (χ3n) is 4.46. The largest absolute Gasteiger partial charge is 0.494 e. The fraction of sp³-hybridized carbons (Fsp3) is 0.333. The fourth-order valence-electron chi connectivity index (χ4n) is 2.91. The highest BCUT2D eigenvalue weighted by Crippen LogP contribution is 2.34. The number of rotatable bonds is 7. The molecule has 0 saturated heterocycles. The van der Waals surface area contributed by atoms with Crippen LogP contribution >= 0.6 is 22.9 Å². The number of hydrogen-bond acceptors (Lipinski definition) is 5. The number of carbonyl (C=O) groups is 1. The van der Waals surface area contributed by atoms with Crippen molar-refractivity contribution in [3.05, 3.63) is 47.0 Å². The van der Waals surface area contributed by atoms with Crippen LogP contribution in [0.1, 0.15) is 26.3 Å². The van der Waals surface area contributed by atoms with E-state index in [0.29, 0.717) is 11.7 Å². The van der Waals surface area contributed by atoms with Crippen molar-refractivity contribution >= 4 is 49.9 Å². The molecule has 1 atom stereocenters. The van der Waals surface area contributed by atoms with E-state index in [1.54, 1.807) is 0 Å². The van der Waals surface area contributed by atoms with Gasteiger partial charge < -0.3 is 15.4 Å². The molecule has 31 heavy (non-hydrogen) atoms. The highest BCUT2D eigenvalue weighted by molar-refractivity contribution is 7.22. The predicted octanol–water partition coefficient (Wildman–Crippen LogP) is 6.44. The van der Waals surface area contributed by atoms with Crippen LogP contribution in [-0.4, -0.2) is 23.5 Å². The van der Waals surface area contributed by atoms with E-state index >= 15 is 0 Å². The Kier molecular flexibility index (Phi) is 6.96. The molecular weight excluding hydrogens is 451 g/mol. The molecule has 5 nitrogen and oxygen atoms in total. The van der Waals surface area contributed by atoms with Gasteiger partial charge in [-0.1, -0.05) is 36.8 Å². The second kappa shape index (κ2) is 9.32. The smallest absolute Gasteiger partial charge is 0.416 e. The number of thiazole rings is 1. The number of alkyl halides is 3. The van der Waals surface area contributed by atoms with E-state index in [-0.39, 0.29) is 22.5 Å². The zero-order valence-electron chi connectivity index (χ0n) is 17.0. The van der Waals surface area contributed by atoms with Gasteiger partial charge in [-0.25, -0.2) is 4.98 Å². The molecule has 2 N–H and O–H groups in total. The molecule has 1 aromatic heterocycles. The number of carbonyl (C=O) groups excluding carboxylic acids is 1. The second-order valence-electron chi connectivity index (χ2n) is 7.13. The Labute approximate surface area is 186 Å². The maximum absolute atomic E-state index is 12.9. The molecule has 0 spiro atoms. The summed E-state index contributed by atoms with van der Waals surface area (Å²) >= 11 is 7.33. The molecule has 0 radical (unpaired) electrons. The van der Waals surface area contributed by atoms with Crippen LogP contribution in [-0.2, 0) is 11.0 Å². The monoisotopic (exact) mass is 471 g/mol. The number of nitrogens with zero attached hydrogens (tertiary/aromatic N) is 1. The topological polar surface area (TPSA) is 63.2 Å². The lowest BCUT2D eigenvalue weighted by atomic mass is 10.0. The van der Waals surface area contributed by atoms with E-state index in [1.807, 2.05) is 39.0 Å². The van der Waals surface area contributed by atoms with Gasteiger partial charge in [-0.15, -0.1) is 0 Å². The quantitative estimate of drug-likeness (QED) is 0.416. The maximum Gasteiger partial charge on any atom is 0.416 e. The molecule has 0 aliphatic carbocycles. The molecular formula is C21H21ClF3N3O2S. The van der Waals surface area contributed by atoms with Crippen molar-refractivity contribution in [2.75, 3.05) is 17.2 Å². The summed E-state index contributed by atoms with van der Waals surface area (Å²) in [5, 5.41) is 6.03. The number of benzene rings is 2. The van der Waals surface area contributed by atoms with Crippen molar-refractivity contribution in [3.63, 3.8) is 0 Å². The van der Waals surface area contributed by atoms with Gasteiger partial charge in [0.25, 0.3) is 0 Å². The molecule has 3 rings (SSSR count). The van der Waals surface area contributed by atoms with Crippen LogP contribution in [0.25, 0.3) is 10.2 Å². The molecule has 166 valence electrons. The van der Waals surface area contributed by atoms with Gasteiger partial charge in [0.05, 0.1) is 33.1 Å². The van der Waals surface area contributed by atoms with Crippen LogP contribution in [0, 0.1) is 5.92 Å². The number of anilines is 2. The fourth-order valence-corrected chi connectivity index (χ4v) is 4.04. The first-order chi connectivity index (χ1) is 14.6. The molecule has 1 heterocycles. The van der Waals surface area contributed by atoms with Gasteiger partial charge in [0.15, 0.2) is 5.13 Å². The Morgan fingerprint density at radius 1 is 1.23 bits per heavy atom. The number of fused-ring (bicyclic) bond motifs is 1. The third kappa shape index (κ3) is 5.59. The van der Waals surface area contributed by atoms with E-state index in [1.165, 1.54) is 17.4 Å². The first kappa shape index (κ1) is 23.1. The zero-order valence-corrected chi connectivity index (χ0v) is 18.6. The van der Waals surface area contributed by atoms with Gasteiger partial charge in [0.2, 0.25) is 5.91 Å². The lowest BCUT2D eigenvalue weighted by Gasteiger charge is -2.23. The molecule has 0 aliphatic heterocycles. The summed E-state index contributed by atoms with van der Waals surface area (Å²) in [5.74, 6) is 0.183. The molecule has 0 bridgehead atoms. The van der Waals surface area contributed by atoms with Crippen molar-refractivity contribution in [3.8, 4) is 5.75 Å². The third-order valence-corrected chi connectivity index (χ3v) is 5.70. The summed E-state index contributed by atoms with van der Waals surface area (Å²) in [6.45, 7) is 6.08. The molecule has 10 heteroatoms. The SMILES string of the molecule is CCOc1ccc2nc(NC(=O)[C@@H](Nc3ccc(C(F)(F)F)cc3Cl)C(C)C)sc2c1. The molecule has 2 aromatic carbocycles. The van der Waals surface area contributed by atoms with E-state index in [2.05, 4.69) is 15.6 Å². The van der Waals surface area contributed by atoms with Crippen LogP contribution in [0.5, 0.6) is 5.75 Å². The maximum atomic E-state index is 12.9. The lowest BCUT2D eigenvalue weighted by Crippen LogP contribution is -2.39. The molecule has 0 unspecified atom stereocenters. The van der Waals surface area contributed by atoms with Gasteiger partial charge >= 0.3 is 6.18 Å². The van der Waals surface area contributed by atoms with Gasteiger partial charge in [-0.2, -0.15) is 13.2 Å². The minimum Gasteiger partial charge on any atom is -0.494 e. The van der Waals surface area contributed by atoms with Crippen LogP contribution in [0.2, 0.25) is 5.02 Å². The van der Waals surface area contributed by atoms with Crippen LogP contribution in [0.3, 0.4) is 0 Å². The second-order valence-corrected chi connectivity index (χ2v) is 8.57. The van der Waals surface area contributed by atoms with Crippen LogP contribution in [0.15, 0.2) is 36.4 Å². The zero-order chi connectivity index (χ0) is 22.8. The number of amides is 1. The first-order valence-electron chi connectivity index (χ1n) is 9.56. The summed E-state index contributed by atoms with van der Waals surface area (Å²) in [6, 6.07) is 7.72. The Morgan fingerprint density at radius 2 is 1.97 bits per heavy atom. The minimum absolute atomic E-state index is 0.114. The summed E-state index contributed by atoms with van der Waals surface area (Å²) in [4.78, 5) is 17.3. The Bertz CT molecular complexity index is 1090. The average Bonchev–Trinajstić information content (AvgIpc) is 3.07. The highest BCUT2D eigenvalue weighted by atomic mass is 35.5. The van der Waals surface area contributed by atoms with Crippen LogP contribution < -0.4 is 15.4 Å². The van der Waals surface area contributed by atoms with Crippen molar-refractivity contribution in [2.45, 2.75) is 33.0 Å². The van der Waals surface area contributed by atoms with E-state index in [0.717, 1.165) is 28.1 Å². The van der Waals surface area contributed by atoms with Crippen molar-refractivity contribution < 1.29 is 22.7 Å². The number of halogens is 4.